The van der Waals surface area contributed by atoms with Crippen LogP contribution in [0.25, 0.3) is 0 Å². The molecular formula is C11H16O5. The molecule has 0 bridgehead atoms. The monoisotopic (exact) mass is 228 g/mol. The SMILES string of the molecule is C[C@H]1CC(=O)O[C@@H]2[C@H]3OC(C)(C)O[C@H]3O[C@@H]21. The molecule has 0 unspecified atom stereocenters. The fraction of sp³-hybridized carbons (Fsp3) is 0.909. The fourth-order valence-corrected chi connectivity index (χ4v) is 2.68. The molecule has 3 rings (SSSR count). The van der Waals surface area contributed by atoms with Gasteiger partial charge in [-0.3, -0.25) is 4.79 Å². The number of carbonyl (C=O) groups excluding carboxylic acids is 1. The van der Waals surface area contributed by atoms with Gasteiger partial charge in [0.2, 0.25) is 0 Å². The Balaban J connectivity index is 1.82. The predicted octanol–water partition coefficient (Wildman–Crippen LogP) is 0.814. The molecule has 0 N–H and O–H groups in total. The van der Waals surface area contributed by atoms with Gasteiger partial charge in [-0.15, -0.1) is 0 Å². The summed E-state index contributed by atoms with van der Waals surface area (Å²) in [7, 11) is 0. The van der Waals surface area contributed by atoms with E-state index in [1.54, 1.807) is 0 Å². The Morgan fingerprint density at radius 2 is 1.94 bits per heavy atom. The molecule has 3 aliphatic rings. The lowest BCUT2D eigenvalue weighted by atomic mass is 9.93. The van der Waals surface area contributed by atoms with Crippen molar-refractivity contribution in [3.63, 3.8) is 0 Å². The Labute approximate surface area is 94.0 Å². The maximum absolute atomic E-state index is 11.4. The summed E-state index contributed by atoms with van der Waals surface area (Å²) < 4.78 is 22.4. The van der Waals surface area contributed by atoms with Gasteiger partial charge in [0.05, 0.1) is 6.42 Å². The zero-order chi connectivity index (χ0) is 11.5. The van der Waals surface area contributed by atoms with Crippen LogP contribution in [-0.2, 0) is 23.7 Å². The zero-order valence-electron chi connectivity index (χ0n) is 9.64. The van der Waals surface area contributed by atoms with Crippen LogP contribution in [0.4, 0.5) is 0 Å². The molecule has 0 spiro atoms. The van der Waals surface area contributed by atoms with Crippen LogP contribution in [0.3, 0.4) is 0 Å². The van der Waals surface area contributed by atoms with Crippen LogP contribution in [0.15, 0.2) is 0 Å². The maximum atomic E-state index is 11.4. The van der Waals surface area contributed by atoms with Gasteiger partial charge < -0.3 is 18.9 Å². The predicted molar refractivity (Wildman–Crippen MR) is 52.4 cm³/mol. The van der Waals surface area contributed by atoms with Gasteiger partial charge in [0, 0.05) is 0 Å². The highest BCUT2D eigenvalue weighted by Crippen LogP contribution is 2.43. The molecule has 16 heavy (non-hydrogen) atoms. The normalized spacial score (nSPS) is 49.7. The van der Waals surface area contributed by atoms with E-state index >= 15 is 0 Å². The van der Waals surface area contributed by atoms with E-state index in [1.807, 2.05) is 20.8 Å². The van der Waals surface area contributed by atoms with Crippen LogP contribution in [0.1, 0.15) is 27.2 Å². The van der Waals surface area contributed by atoms with E-state index in [1.165, 1.54) is 0 Å². The van der Waals surface area contributed by atoms with E-state index in [9.17, 15) is 4.79 Å². The van der Waals surface area contributed by atoms with Crippen LogP contribution in [0, 0.1) is 5.92 Å². The van der Waals surface area contributed by atoms with Gasteiger partial charge in [0.15, 0.2) is 24.3 Å². The first-order chi connectivity index (χ1) is 7.46. The van der Waals surface area contributed by atoms with Gasteiger partial charge in [-0.05, 0) is 19.8 Å². The molecular weight excluding hydrogens is 212 g/mol. The van der Waals surface area contributed by atoms with Crippen LogP contribution < -0.4 is 0 Å². The second-order valence-corrected chi connectivity index (χ2v) is 5.21. The van der Waals surface area contributed by atoms with Gasteiger partial charge in [-0.25, -0.2) is 0 Å². The molecule has 5 nitrogen and oxygen atoms in total. The van der Waals surface area contributed by atoms with E-state index in [-0.39, 0.29) is 30.2 Å². The lowest BCUT2D eigenvalue weighted by molar-refractivity contribution is -0.230. The first-order valence-corrected chi connectivity index (χ1v) is 5.67. The first-order valence-electron chi connectivity index (χ1n) is 5.67. The number of hydrogen-bond acceptors (Lipinski definition) is 5. The molecule has 0 aromatic rings. The summed E-state index contributed by atoms with van der Waals surface area (Å²) >= 11 is 0. The third kappa shape index (κ3) is 1.46. The summed E-state index contributed by atoms with van der Waals surface area (Å²) in [5, 5.41) is 0. The molecule has 3 fully saturated rings. The molecule has 90 valence electrons. The number of ether oxygens (including phenoxy) is 4. The third-order valence-electron chi connectivity index (χ3n) is 3.34. The largest absolute Gasteiger partial charge is 0.457 e. The fourth-order valence-electron chi connectivity index (χ4n) is 2.68. The number of esters is 1. The molecule has 3 heterocycles. The molecule has 3 saturated heterocycles. The number of rotatable bonds is 0. The van der Waals surface area contributed by atoms with Crippen LogP contribution in [0.5, 0.6) is 0 Å². The third-order valence-corrected chi connectivity index (χ3v) is 3.34. The molecule has 0 aromatic heterocycles. The Hall–Kier alpha value is -0.650. The van der Waals surface area contributed by atoms with Crippen molar-refractivity contribution in [1.29, 1.82) is 0 Å². The van der Waals surface area contributed by atoms with E-state index < -0.39 is 12.1 Å². The van der Waals surface area contributed by atoms with Crippen molar-refractivity contribution in [1.82, 2.24) is 0 Å². The van der Waals surface area contributed by atoms with Gasteiger partial charge in [-0.1, -0.05) is 6.92 Å². The summed E-state index contributed by atoms with van der Waals surface area (Å²) in [6.07, 6.45) is -0.693. The van der Waals surface area contributed by atoms with Crippen molar-refractivity contribution in [3.05, 3.63) is 0 Å². The minimum Gasteiger partial charge on any atom is -0.457 e. The molecule has 0 amide bonds. The Kier molecular flexibility index (Phi) is 2.09. The quantitative estimate of drug-likeness (QED) is 0.574. The van der Waals surface area contributed by atoms with Crippen LogP contribution in [0.2, 0.25) is 0 Å². The summed E-state index contributed by atoms with van der Waals surface area (Å²) in [5.41, 5.74) is 0. The van der Waals surface area contributed by atoms with Gasteiger partial charge in [0.25, 0.3) is 0 Å². The van der Waals surface area contributed by atoms with Crippen molar-refractivity contribution < 1.29 is 23.7 Å². The Bertz CT molecular complexity index is 326. The van der Waals surface area contributed by atoms with E-state index in [0.717, 1.165) is 0 Å². The molecule has 5 atom stereocenters. The highest BCUT2D eigenvalue weighted by atomic mass is 16.8. The van der Waals surface area contributed by atoms with E-state index in [0.29, 0.717) is 6.42 Å². The topological polar surface area (TPSA) is 54.0 Å². The van der Waals surface area contributed by atoms with Crippen molar-refractivity contribution in [2.75, 3.05) is 0 Å². The number of hydrogen-bond donors (Lipinski definition) is 0. The summed E-state index contributed by atoms with van der Waals surface area (Å²) in [6, 6.07) is 0. The van der Waals surface area contributed by atoms with Gasteiger partial charge in [0.1, 0.15) is 6.10 Å². The van der Waals surface area contributed by atoms with Crippen molar-refractivity contribution in [2.45, 2.75) is 57.6 Å². The molecule has 5 heteroatoms. The Morgan fingerprint density at radius 1 is 1.19 bits per heavy atom. The molecule has 0 aliphatic carbocycles. The lowest BCUT2D eigenvalue weighted by Gasteiger charge is -2.32. The highest BCUT2D eigenvalue weighted by molar-refractivity contribution is 5.71. The highest BCUT2D eigenvalue weighted by Gasteiger charge is 2.59. The van der Waals surface area contributed by atoms with E-state index in [4.69, 9.17) is 18.9 Å². The second kappa shape index (κ2) is 3.18. The number of fused-ring (bicyclic) bond motifs is 3. The average molecular weight is 228 g/mol. The van der Waals surface area contributed by atoms with Crippen molar-refractivity contribution >= 4 is 5.97 Å². The van der Waals surface area contributed by atoms with Crippen molar-refractivity contribution in [2.24, 2.45) is 5.92 Å². The van der Waals surface area contributed by atoms with E-state index in [2.05, 4.69) is 0 Å². The Morgan fingerprint density at radius 3 is 2.69 bits per heavy atom. The van der Waals surface area contributed by atoms with Gasteiger partial charge >= 0.3 is 5.97 Å². The van der Waals surface area contributed by atoms with Crippen LogP contribution in [-0.4, -0.2) is 36.4 Å². The zero-order valence-corrected chi connectivity index (χ0v) is 9.64. The lowest BCUT2D eigenvalue weighted by Crippen LogP contribution is -2.45. The minimum atomic E-state index is -0.659. The maximum Gasteiger partial charge on any atom is 0.306 e. The average Bonchev–Trinajstić information content (AvgIpc) is 2.59. The smallest absolute Gasteiger partial charge is 0.306 e. The summed E-state index contributed by atoms with van der Waals surface area (Å²) in [4.78, 5) is 11.4. The van der Waals surface area contributed by atoms with Crippen LogP contribution >= 0.6 is 0 Å². The van der Waals surface area contributed by atoms with Gasteiger partial charge in [-0.2, -0.15) is 0 Å². The standard InChI is InChI=1S/C11H16O5/c1-5-4-6(12)13-8-7(5)14-10-9(8)15-11(2,3)16-10/h5,7-10H,4H2,1-3H3/t5-,7+,8-,9+,10+/m0/s1. The number of carbonyl (C=O) groups is 1. The molecule has 3 aliphatic heterocycles. The molecule has 0 aromatic carbocycles. The summed E-state index contributed by atoms with van der Waals surface area (Å²) in [6.45, 7) is 5.65. The first kappa shape index (κ1) is 10.5. The van der Waals surface area contributed by atoms with Crippen molar-refractivity contribution in [3.8, 4) is 0 Å². The summed E-state index contributed by atoms with van der Waals surface area (Å²) in [5.74, 6) is -0.675. The molecule has 0 radical (unpaired) electrons. The minimum absolute atomic E-state index is 0.0937. The molecule has 0 saturated carbocycles. The second-order valence-electron chi connectivity index (χ2n) is 5.21.